The molecule has 1 N–H and O–H groups in total. The van der Waals surface area contributed by atoms with Crippen molar-refractivity contribution < 1.29 is 0 Å². The molecule has 1 aliphatic rings. The van der Waals surface area contributed by atoms with Gasteiger partial charge in [0.15, 0.2) is 0 Å². The van der Waals surface area contributed by atoms with Crippen LogP contribution in [0, 0.1) is 12.8 Å². The minimum Gasteiger partial charge on any atom is -0.311 e. The van der Waals surface area contributed by atoms with Crippen LogP contribution in [0.4, 0.5) is 0 Å². The van der Waals surface area contributed by atoms with Crippen LogP contribution in [0.3, 0.4) is 0 Å². The van der Waals surface area contributed by atoms with E-state index < -0.39 is 0 Å². The molecule has 5 heteroatoms. The molecule has 0 bridgehead atoms. The van der Waals surface area contributed by atoms with E-state index in [4.69, 9.17) is 11.6 Å². The second kappa shape index (κ2) is 7.43. The highest BCUT2D eigenvalue weighted by Gasteiger charge is 2.15. The summed E-state index contributed by atoms with van der Waals surface area (Å²) in [6.07, 6.45) is 2.73. The molecule has 114 valence electrons. The molecule has 0 aromatic carbocycles. The molecule has 2 rings (SSSR count). The fraction of sp³-hybridized carbons (Fsp3) is 0.800. The van der Waals surface area contributed by atoms with E-state index >= 15 is 0 Å². The number of halogens is 1. The Morgan fingerprint density at radius 3 is 2.70 bits per heavy atom. The van der Waals surface area contributed by atoms with Crippen molar-refractivity contribution in [2.75, 3.05) is 26.2 Å². The number of hydrogen-bond donors (Lipinski definition) is 1. The first kappa shape index (κ1) is 15.8. The number of nitrogens with zero attached hydrogens (tertiary/aromatic N) is 3. The summed E-state index contributed by atoms with van der Waals surface area (Å²) in [5, 5.41) is 8.79. The predicted molar refractivity (Wildman–Crippen MR) is 84.2 cm³/mol. The molecule has 0 radical (unpaired) electrons. The summed E-state index contributed by atoms with van der Waals surface area (Å²) in [7, 11) is 0. The van der Waals surface area contributed by atoms with Crippen LogP contribution >= 0.6 is 11.6 Å². The van der Waals surface area contributed by atoms with Gasteiger partial charge in [-0.2, -0.15) is 5.10 Å². The molecule has 1 aromatic heterocycles. The zero-order valence-electron chi connectivity index (χ0n) is 13.0. The summed E-state index contributed by atoms with van der Waals surface area (Å²) in [6.45, 7) is 12.8. The maximum atomic E-state index is 6.31. The molecule has 4 nitrogen and oxygen atoms in total. The summed E-state index contributed by atoms with van der Waals surface area (Å²) >= 11 is 6.31. The van der Waals surface area contributed by atoms with Crippen molar-refractivity contribution in [2.45, 2.75) is 46.7 Å². The Balaban J connectivity index is 1.77. The van der Waals surface area contributed by atoms with Crippen LogP contribution in [0.15, 0.2) is 0 Å². The van der Waals surface area contributed by atoms with Gasteiger partial charge in [0.2, 0.25) is 0 Å². The molecule has 1 fully saturated rings. The molecule has 1 saturated heterocycles. The van der Waals surface area contributed by atoms with Crippen molar-refractivity contribution in [3.05, 3.63) is 16.4 Å². The van der Waals surface area contributed by atoms with Gasteiger partial charge in [0.1, 0.15) is 0 Å². The summed E-state index contributed by atoms with van der Waals surface area (Å²) in [5.41, 5.74) is 2.04. The Morgan fingerprint density at radius 2 is 2.05 bits per heavy atom. The van der Waals surface area contributed by atoms with Crippen LogP contribution in [-0.4, -0.2) is 40.9 Å². The van der Waals surface area contributed by atoms with E-state index in [1.165, 1.54) is 32.5 Å². The van der Waals surface area contributed by atoms with Crippen LogP contribution in [0.2, 0.25) is 5.02 Å². The maximum Gasteiger partial charge on any atom is 0.0860 e. The van der Waals surface area contributed by atoms with Gasteiger partial charge in [-0.3, -0.25) is 4.68 Å². The molecule has 0 spiro atoms. The maximum absolute atomic E-state index is 6.31. The molecule has 1 aromatic rings. The minimum atomic E-state index is 0.672. The second-order valence-corrected chi connectivity index (χ2v) is 6.28. The molecule has 2 heterocycles. The Bertz CT molecular complexity index is 424. The molecule has 0 amide bonds. The summed E-state index contributed by atoms with van der Waals surface area (Å²) in [5.74, 6) is 0.672. The highest BCUT2D eigenvalue weighted by Crippen LogP contribution is 2.20. The molecule has 0 aliphatic carbocycles. The first-order valence-corrected chi connectivity index (χ1v) is 8.14. The largest absolute Gasteiger partial charge is 0.311 e. The Morgan fingerprint density at radius 1 is 1.35 bits per heavy atom. The molecule has 1 atom stereocenters. The lowest BCUT2D eigenvalue weighted by Gasteiger charge is -2.20. The zero-order chi connectivity index (χ0) is 14.5. The van der Waals surface area contributed by atoms with Crippen LogP contribution < -0.4 is 5.32 Å². The third kappa shape index (κ3) is 3.96. The van der Waals surface area contributed by atoms with Crippen LogP contribution in [-0.2, 0) is 13.1 Å². The topological polar surface area (TPSA) is 33.1 Å². The van der Waals surface area contributed by atoms with Gasteiger partial charge in [-0.25, -0.2) is 0 Å². The van der Waals surface area contributed by atoms with Crippen LogP contribution in [0.1, 0.15) is 38.1 Å². The normalized spacial score (nSPS) is 17.8. The highest BCUT2D eigenvalue weighted by molar-refractivity contribution is 6.31. The highest BCUT2D eigenvalue weighted by atomic mass is 35.5. The van der Waals surface area contributed by atoms with Crippen molar-refractivity contribution in [1.29, 1.82) is 0 Å². The van der Waals surface area contributed by atoms with Crippen LogP contribution in [0.5, 0.6) is 0 Å². The van der Waals surface area contributed by atoms with Gasteiger partial charge < -0.3 is 10.2 Å². The number of rotatable bonds is 7. The lowest BCUT2D eigenvalue weighted by Crippen LogP contribution is -2.31. The molecule has 1 aliphatic heterocycles. The molecule has 1 unspecified atom stereocenters. The van der Waals surface area contributed by atoms with E-state index in [1.807, 2.05) is 11.6 Å². The Labute approximate surface area is 127 Å². The SMILES string of the molecule is CCn1nc(C)c(Cl)c1CNCC(C)CN1CCCC1. The lowest BCUT2D eigenvalue weighted by molar-refractivity contribution is 0.282. The first-order chi connectivity index (χ1) is 9.61. The fourth-order valence-electron chi connectivity index (χ4n) is 2.95. The second-order valence-electron chi connectivity index (χ2n) is 5.91. The van der Waals surface area contributed by atoms with Gasteiger partial charge in [0, 0.05) is 19.6 Å². The average molecular weight is 299 g/mol. The number of aryl methyl sites for hydroxylation is 2. The third-order valence-corrected chi connectivity index (χ3v) is 4.50. The Hall–Kier alpha value is -0.580. The van der Waals surface area contributed by atoms with E-state index in [0.29, 0.717) is 5.92 Å². The van der Waals surface area contributed by atoms with Crippen LogP contribution in [0.25, 0.3) is 0 Å². The van der Waals surface area contributed by atoms with Gasteiger partial charge in [0.25, 0.3) is 0 Å². The number of aromatic nitrogens is 2. The average Bonchev–Trinajstić information content (AvgIpc) is 3.01. The summed E-state index contributed by atoms with van der Waals surface area (Å²) in [4.78, 5) is 2.57. The number of hydrogen-bond acceptors (Lipinski definition) is 3. The standard InChI is InChI=1S/C15H27ClN4/c1-4-20-14(15(16)13(3)18-20)10-17-9-12(2)11-19-7-5-6-8-19/h12,17H,4-11H2,1-3H3. The van der Waals surface area contributed by atoms with E-state index in [0.717, 1.165) is 36.0 Å². The molecule has 20 heavy (non-hydrogen) atoms. The van der Waals surface area contributed by atoms with Crippen molar-refractivity contribution in [1.82, 2.24) is 20.0 Å². The van der Waals surface area contributed by atoms with Crippen molar-refractivity contribution in [3.63, 3.8) is 0 Å². The summed E-state index contributed by atoms with van der Waals surface area (Å²) < 4.78 is 2.00. The van der Waals surface area contributed by atoms with Gasteiger partial charge >= 0.3 is 0 Å². The Kier molecular flexibility index (Phi) is 5.87. The van der Waals surface area contributed by atoms with Crippen molar-refractivity contribution in [3.8, 4) is 0 Å². The van der Waals surface area contributed by atoms with E-state index in [1.54, 1.807) is 0 Å². The van der Waals surface area contributed by atoms with Gasteiger partial charge in [-0.15, -0.1) is 0 Å². The number of likely N-dealkylation sites (tertiary alicyclic amines) is 1. The third-order valence-electron chi connectivity index (χ3n) is 4.01. The fourth-order valence-corrected chi connectivity index (χ4v) is 3.15. The minimum absolute atomic E-state index is 0.672. The van der Waals surface area contributed by atoms with Crippen molar-refractivity contribution >= 4 is 11.6 Å². The smallest absolute Gasteiger partial charge is 0.0860 e. The van der Waals surface area contributed by atoms with Gasteiger partial charge in [-0.05, 0) is 52.2 Å². The lowest BCUT2D eigenvalue weighted by atomic mass is 10.1. The molecular formula is C15H27ClN4. The predicted octanol–water partition coefficient (Wildman–Crippen LogP) is 2.69. The van der Waals surface area contributed by atoms with E-state index in [9.17, 15) is 0 Å². The molecule has 0 saturated carbocycles. The zero-order valence-corrected chi connectivity index (χ0v) is 13.7. The van der Waals surface area contributed by atoms with E-state index in [2.05, 4.69) is 29.2 Å². The first-order valence-electron chi connectivity index (χ1n) is 7.76. The molecular weight excluding hydrogens is 272 g/mol. The summed E-state index contributed by atoms with van der Waals surface area (Å²) in [6, 6.07) is 0. The monoisotopic (exact) mass is 298 g/mol. The van der Waals surface area contributed by atoms with Gasteiger partial charge in [-0.1, -0.05) is 18.5 Å². The quantitative estimate of drug-likeness (QED) is 0.840. The van der Waals surface area contributed by atoms with Crippen molar-refractivity contribution in [2.24, 2.45) is 5.92 Å². The number of nitrogens with one attached hydrogen (secondary N) is 1. The van der Waals surface area contributed by atoms with E-state index in [-0.39, 0.29) is 0 Å². The van der Waals surface area contributed by atoms with Gasteiger partial charge in [0.05, 0.1) is 16.4 Å².